The van der Waals surface area contributed by atoms with Gasteiger partial charge in [-0.05, 0) is 58.5 Å². The van der Waals surface area contributed by atoms with Gasteiger partial charge in [0.2, 0.25) is 0 Å². The Kier molecular flexibility index (Phi) is 5.58. The third kappa shape index (κ3) is 4.39. The maximum absolute atomic E-state index is 11.1. The van der Waals surface area contributed by atoms with E-state index in [1.165, 1.54) is 10.7 Å². The number of nitrogens with zero attached hydrogens (tertiary/aromatic N) is 4. The van der Waals surface area contributed by atoms with E-state index in [1.807, 2.05) is 54.6 Å². The van der Waals surface area contributed by atoms with Crippen LogP contribution in [0.1, 0.15) is 15.9 Å². The Morgan fingerprint density at radius 2 is 1.90 bits per heavy atom. The number of aromatic carboxylic acids is 1. The van der Waals surface area contributed by atoms with Gasteiger partial charge in [-0.3, -0.25) is 0 Å². The van der Waals surface area contributed by atoms with Crippen molar-refractivity contribution < 1.29 is 14.6 Å². The smallest absolute Gasteiger partial charge is 0.345 e. The van der Waals surface area contributed by atoms with Crippen molar-refractivity contribution in [1.29, 1.82) is 0 Å². The summed E-state index contributed by atoms with van der Waals surface area (Å²) in [6.07, 6.45) is 0. The molecule has 0 bridgehead atoms. The van der Waals surface area contributed by atoms with Crippen molar-refractivity contribution in [2.24, 2.45) is 0 Å². The largest absolute Gasteiger partial charge is 0.478 e. The van der Waals surface area contributed by atoms with E-state index < -0.39 is 5.97 Å². The SMILES string of the molecule is O=C(O)c1ccc(NCc2cccc(Oc3nnnn3-c3ccccc3)c2)cc1Cl. The van der Waals surface area contributed by atoms with Crippen LogP contribution in [0.15, 0.2) is 72.8 Å². The number of carboxylic acids is 1. The number of rotatable bonds is 7. The number of halogens is 1. The van der Waals surface area contributed by atoms with Crippen molar-refractivity contribution in [3.8, 4) is 17.4 Å². The number of tetrazole rings is 1. The molecule has 3 aromatic carbocycles. The van der Waals surface area contributed by atoms with E-state index in [0.29, 0.717) is 18.0 Å². The number of benzene rings is 3. The molecule has 9 heteroatoms. The van der Waals surface area contributed by atoms with Gasteiger partial charge in [-0.15, -0.1) is 0 Å². The second-order valence-electron chi connectivity index (χ2n) is 6.31. The highest BCUT2D eigenvalue weighted by Crippen LogP contribution is 2.24. The van der Waals surface area contributed by atoms with Crippen molar-refractivity contribution in [2.75, 3.05) is 5.32 Å². The zero-order chi connectivity index (χ0) is 20.9. The van der Waals surface area contributed by atoms with Gasteiger partial charge >= 0.3 is 12.0 Å². The van der Waals surface area contributed by atoms with Crippen LogP contribution >= 0.6 is 11.6 Å². The molecule has 30 heavy (non-hydrogen) atoms. The van der Waals surface area contributed by atoms with Gasteiger partial charge in [0.1, 0.15) is 5.75 Å². The van der Waals surface area contributed by atoms with Crippen molar-refractivity contribution >= 4 is 23.3 Å². The van der Waals surface area contributed by atoms with E-state index >= 15 is 0 Å². The fourth-order valence-electron chi connectivity index (χ4n) is 2.80. The monoisotopic (exact) mass is 421 g/mol. The first-order chi connectivity index (χ1) is 14.6. The van der Waals surface area contributed by atoms with Crippen LogP contribution in [0.4, 0.5) is 5.69 Å². The average molecular weight is 422 g/mol. The first kappa shape index (κ1) is 19.4. The van der Waals surface area contributed by atoms with Gasteiger partial charge < -0.3 is 15.2 Å². The molecule has 0 aliphatic heterocycles. The summed E-state index contributed by atoms with van der Waals surface area (Å²) in [7, 11) is 0. The van der Waals surface area contributed by atoms with Crippen LogP contribution in [0.2, 0.25) is 5.02 Å². The molecule has 0 aliphatic rings. The molecule has 0 amide bonds. The predicted molar refractivity (Wildman–Crippen MR) is 111 cm³/mol. The molecule has 0 unspecified atom stereocenters. The lowest BCUT2D eigenvalue weighted by atomic mass is 10.2. The first-order valence-electron chi connectivity index (χ1n) is 8.97. The molecule has 8 nitrogen and oxygen atoms in total. The molecule has 0 saturated carbocycles. The number of carboxylic acid groups (broad SMARTS) is 1. The number of hydrogen-bond acceptors (Lipinski definition) is 6. The van der Waals surface area contributed by atoms with Crippen LogP contribution < -0.4 is 10.1 Å². The lowest BCUT2D eigenvalue weighted by Gasteiger charge is -2.10. The van der Waals surface area contributed by atoms with Crippen LogP contribution in [0, 0.1) is 0 Å². The number of para-hydroxylation sites is 1. The third-order valence-corrected chi connectivity index (χ3v) is 4.56. The summed E-state index contributed by atoms with van der Waals surface area (Å²) in [5.41, 5.74) is 2.51. The number of ether oxygens (including phenoxy) is 1. The van der Waals surface area contributed by atoms with Gasteiger partial charge in [-0.25, -0.2) is 4.79 Å². The topological polar surface area (TPSA) is 102 Å². The summed E-state index contributed by atoms with van der Waals surface area (Å²) in [4.78, 5) is 11.1. The van der Waals surface area contributed by atoms with E-state index in [2.05, 4.69) is 20.8 Å². The summed E-state index contributed by atoms with van der Waals surface area (Å²) in [5.74, 6) is -0.477. The summed E-state index contributed by atoms with van der Waals surface area (Å²) in [6, 6.07) is 21.9. The second-order valence-corrected chi connectivity index (χ2v) is 6.72. The summed E-state index contributed by atoms with van der Waals surface area (Å²) >= 11 is 6.01. The van der Waals surface area contributed by atoms with E-state index in [4.69, 9.17) is 21.4 Å². The minimum atomic E-state index is -1.06. The Bertz CT molecular complexity index is 1180. The van der Waals surface area contributed by atoms with Crippen LogP contribution in [0.25, 0.3) is 5.69 Å². The van der Waals surface area contributed by atoms with E-state index in [1.54, 1.807) is 12.1 Å². The minimum absolute atomic E-state index is 0.0637. The number of nitrogens with one attached hydrogen (secondary N) is 1. The van der Waals surface area contributed by atoms with Gasteiger partial charge in [-0.2, -0.15) is 4.68 Å². The van der Waals surface area contributed by atoms with Crippen LogP contribution in [-0.2, 0) is 6.54 Å². The maximum atomic E-state index is 11.1. The molecule has 1 aromatic heterocycles. The van der Waals surface area contributed by atoms with E-state index in [-0.39, 0.29) is 16.6 Å². The number of carbonyl (C=O) groups is 1. The molecule has 150 valence electrons. The molecular weight excluding hydrogens is 406 g/mol. The quantitative estimate of drug-likeness (QED) is 0.455. The van der Waals surface area contributed by atoms with E-state index in [0.717, 1.165) is 11.3 Å². The molecule has 2 N–H and O–H groups in total. The third-order valence-electron chi connectivity index (χ3n) is 4.25. The molecule has 0 spiro atoms. The maximum Gasteiger partial charge on any atom is 0.345 e. The predicted octanol–water partition coefficient (Wildman–Crippen LogP) is 4.42. The van der Waals surface area contributed by atoms with Crippen molar-refractivity contribution in [3.63, 3.8) is 0 Å². The van der Waals surface area contributed by atoms with Crippen LogP contribution in [-0.4, -0.2) is 31.3 Å². The van der Waals surface area contributed by atoms with Crippen molar-refractivity contribution in [1.82, 2.24) is 20.2 Å². The Morgan fingerprint density at radius 1 is 1.07 bits per heavy atom. The molecular formula is C21H16ClN5O3. The average Bonchev–Trinajstić information content (AvgIpc) is 3.21. The van der Waals surface area contributed by atoms with Gasteiger partial charge in [0, 0.05) is 12.2 Å². The summed E-state index contributed by atoms with van der Waals surface area (Å²) < 4.78 is 7.38. The highest BCUT2D eigenvalue weighted by atomic mass is 35.5. The molecule has 0 atom stereocenters. The fourth-order valence-corrected chi connectivity index (χ4v) is 3.06. The molecule has 0 saturated heterocycles. The van der Waals surface area contributed by atoms with Crippen LogP contribution in [0.5, 0.6) is 11.8 Å². The molecule has 4 aromatic rings. The molecule has 1 heterocycles. The van der Waals surface area contributed by atoms with Gasteiger partial charge in [0.25, 0.3) is 0 Å². The van der Waals surface area contributed by atoms with Gasteiger partial charge in [0.15, 0.2) is 0 Å². The van der Waals surface area contributed by atoms with Gasteiger partial charge in [0.05, 0.1) is 16.3 Å². The zero-order valence-corrected chi connectivity index (χ0v) is 16.3. The Morgan fingerprint density at radius 3 is 2.67 bits per heavy atom. The summed E-state index contributed by atoms with van der Waals surface area (Å²) in [6.45, 7) is 0.490. The number of hydrogen-bond donors (Lipinski definition) is 2. The molecule has 4 rings (SSSR count). The summed E-state index contributed by atoms with van der Waals surface area (Å²) in [5, 5.41) is 24.1. The fraction of sp³-hybridized carbons (Fsp3) is 0.0476. The van der Waals surface area contributed by atoms with Gasteiger partial charge in [-0.1, -0.05) is 47.0 Å². The van der Waals surface area contributed by atoms with E-state index in [9.17, 15) is 4.79 Å². The molecule has 0 radical (unpaired) electrons. The normalized spacial score (nSPS) is 10.6. The number of anilines is 1. The highest BCUT2D eigenvalue weighted by Gasteiger charge is 2.11. The van der Waals surface area contributed by atoms with Crippen LogP contribution in [0.3, 0.4) is 0 Å². The van der Waals surface area contributed by atoms with Crippen molar-refractivity contribution in [2.45, 2.75) is 6.54 Å². The standard InChI is InChI=1S/C21H16ClN5O3/c22-19-12-15(9-10-18(19)20(28)29)23-13-14-5-4-8-17(11-14)30-21-24-25-26-27(21)16-6-2-1-3-7-16/h1-12,23H,13H2,(H,28,29). The molecule has 0 aliphatic carbocycles. The Balaban J connectivity index is 1.46. The number of aromatic nitrogens is 4. The lowest BCUT2D eigenvalue weighted by molar-refractivity contribution is 0.0697. The first-order valence-corrected chi connectivity index (χ1v) is 9.35. The lowest BCUT2D eigenvalue weighted by Crippen LogP contribution is -2.03. The highest BCUT2D eigenvalue weighted by molar-refractivity contribution is 6.33. The Hall–Kier alpha value is -3.91. The zero-order valence-electron chi connectivity index (χ0n) is 15.6. The van der Waals surface area contributed by atoms with Crippen molar-refractivity contribution in [3.05, 3.63) is 88.9 Å². The Labute approximate surface area is 176 Å². The second kappa shape index (κ2) is 8.62. The minimum Gasteiger partial charge on any atom is -0.478 e. The molecule has 0 fully saturated rings.